The third kappa shape index (κ3) is 4.06. The molecule has 31 heavy (non-hydrogen) atoms. The standard InChI is InChI=1S/C23H24N4O3S/c28-31(29)22-7-2-1-6-21(22)30-23(18-27(31)16-20-5-3-4-11-25-20)10-14-26(17-23)15-19-8-12-24-13-9-19/h1-9,11-13H,10,14-18H2/t23-/m1/s1. The lowest BCUT2D eigenvalue weighted by molar-refractivity contribution is 0.0568. The monoisotopic (exact) mass is 436 g/mol. The van der Waals surface area contributed by atoms with Crippen LogP contribution in [0, 0.1) is 0 Å². The second-order valence-corrected chi connectivity index (χ2v) is 10.0. The van der Waals surface area contributed by atoms with Crippen LogP contribution in [0.5, 0.6) is 5.75 Å². The summed E-state index contributed by atoms with van der Waals surface area (Å²) < 4.78 is 35.1. The van der Waals surface area contributed by atoms with E-state index < -0.39 is 15.6 Å². The van der Waals surface area contributed by atoms with E-state index in [4.69, 9.17) is 4.74 Å². The van der Waals surface area contributed by atoms with Crippen LogP contribution in [0.25, 0.3) is 0 Å². The third-order valence-corrected chi connectivity index (χ3v) is 7.70. The third-order valence-electron chi connectivity index (χ3n) is 5.87. The number of nitrogens with zero attached hydrogens (tertiary/aromatic N) is 4. The van der Waals surface area contributed by atoms with E-state index in [0.717, 1.165) is 19.5 Å². The number of aromatic nitrogens is 2. The zero-order valence-electron chi connectivity index (χ0n) is 17.1. The van der Waals surface area contributed by atoms with Gasteiger partial charge in [-0.15, -0.1) is 0 Å². The average molecular weight is 437 g/mol. The highest BCUT2D eigenvalue weighted by molar-refractivity contribution is 7.89. The lowest BCUT2D eigenvalue weighted by Gasteiger charge is -2.32. The molecule has 0 amide bonds. The Balaban J connectivity index is 1.47. The predicted octanol–water partition coefficient (Wildman–Crippen LogP) is 2.70. The van der Waals surface area contributed by atoms with Gasteiger partial charge in [0.25, 0.3) is 0 Å². The molecule has 0 aliphatic carbocycles. The fourth-order valence-corrected chi connectivity index (χ4v) is 5.99. The molecule has 1 spiro atoms. The van der Waals surface area contributed by atoms with Crippen molar-refractivity contribution in [3.63, 3.8) is 0 Å². The average Bonchev–Trinajstić information content (AvgIpc) is 3.13. The molecule has 1 atom stereocenters. The Morgan fingerprint density at radius 2 is 1.74 bits per heavy atom. The zero-order valence-corrected chi connectivity index (χ0v) is 17.9. The zero-order chi connectivity index (χ0) is 21.3. The highest BCUT2D eigenvalue weighted by atomic mass is 32.2. The smallest absolute Gasteiger partial charge is 0.247 e. The van der Waals surface area contributed by atoms with Gasteiger partial charge in [0.15, 0.2) is 0 Å². The van der Waals surface area contributed by atoms with E-state index in [1.165, 1.54) is 9.87 Å². The maximum Gasteiger partial charge on any atom is 0.247 e. The van der Waals surface area contributed by atoms with Crippen LogP contribution in [0.1, 0.15) is 17.7 Å². The van der Waals surface area contributed by atoms with Gasteiger partial charge in [0, 0.05) is 44.6 Å². The van der Waals surface area contributed by atoms with Crippen molar-refractivity contribution >= 4 is 10.0 Å². The van der Waals surface area contributed by atoms with E-state index in [2.05, 4.69) is 14.9 Å². The number of hydrogen-bond acceptors (Lipinski definition) is 6. The largest absolute Gasteiger partial charge is 0.483 e. The molecule has 0 bridgehead atoms. The maximum absolute atomic E-state index is 13.5. The number of hydrogen-bond donors (Lipinski definition) is 0. The van der Waals surface area contributed by atoms with Crippen LogP contribution in [-0.4, -0.2) is 52.8 Å². The van der Waals surface area contributed by atoms with Crippen molar-refractivity contribution in [2.24, 2.45) is 0 Å². The van der Waals surface area contributed by atoms with Gasteiger partial charge in [0.2, 0.25) is 10.0 Å². The van der Waals surface area contributed by atoms with Crippen molar-refractivity contribution in [2.45, 2.75) is 30.0 Å². The van der Waals surface area contributed by atoms with E-state index in [1.807, 2.05) is 36.4 Å². The lowest BCUT2D eigenvalue weighted by Crippen LogP contribution is -2.49. The van der Waals surface area contributed by atoms with E-state index in [1.54, 1.807) is 36.8 Å². The van der Waals surface area contributed by atoms with Gasteiger partial charge in [0.05, 0.1) is 18.8 Å². The maximum atomic E-state index is 13.5. The molecule has 7 nitrogen and oxygen atoms in total. The summed E-state index contributed by atoms with van der Waals surface area (Å²) in [7, 11) is -3.72. The molecule has 2 aromatic heterocycles. The van der Waals surface area contributed by atoms with Crippen LogP contribution < -0.4 is 4.74 Å². The van der Waals surface area contributed by atoms with Crippen molar-refractivity contribution in [1.82, 2.24) is 19.2 Å². The molecule has 4 heterocycles. The summed E-state index contributed by atoms with van der Waals surface area (Å²) in [5, 5.41) is 0. The second kappa shape index (κ2) is 8.03. The molecule has 5 rings (SSSR count). The van der Waals surface area contributed by atoms with Gasteiger partial charge >= 0.3 is 0 Å². The fourth-order valence-electron chi connectivity index (χ4n) is 4.39. The minimum Gasteiger partial charge on any atom is -0.483 e. The molecular weight excluding hydrogens is 412 g/mol. The predicted molar refractivity (Wildman–Crippen MR) is 116 cm³/mol. The summed E-state index contributed by atoms with van der Waals surface area (Å²) in [6.07, 6.45) is 6.02. The Morgan fingerprint density at radius 3 is 2.55 bits per heavy atom. The van der Waals surface area contributed by atoms with Crippen molar-refractivity contribution in [2.75, 3.05) is 19.6 Å². The summed E-state index contributed by atoms with van der Waals surface area (Å²) in [6.45, 7) is 2.77. The Bertz CT molecular complexity index is 1160. The van der Waals surface area contributed by atoms with E-state index in [0.29, 0.717) is 18.0 Å². The normalized spacial score (nSPS) is 23.2. The number of pyridine rings is 2. The molecule has 1 saturated heterocycles. The fraction of sp³-hybridized carbons (Fsp3) is 0.304. The highest BCUT2D eigenvalue weighted by Crippen LogP contribution is 2.39. The van der Waals surface area contributed by atoms with Crippen LogP contribution in [0.3, 0.4) is 0 Å². The molecule has 0 N–H and O–H groups in total. The Labute approximate surface area is 182 Å². The van der Waals surface area contributed by atoms with E-state index in [-0.39, 0.29) is 18.0 Å². The molecule has 8 heteroatoms. The van der Waals surface area contributed by atoms with Crippen LogP contribution in [-0.2, 0) is 23.1 Å². The summed E-state index contributed by atoms with van der Waals surface area (Å²) in [6, 6.07) is 16.5. The first-order valence-electron chi connectivity index (χ1n) is 10.3. The van der Waals surface area contributed by atoms with Gasteiger partial charge in [-0.25, -0.2) is 8.42 Å². The van der Waals surface area contributed by atoms with Crippen LogP contribution in [0.4, 0.5) is 0 Å². The van der Waals surface area contributed by atoms with Crippen LogP contribution in [0.2, 0.25) is 0 Å². The molecule has 1 fully saturated rings. The molecule has 3 aromatic rings. The molecule has 160 valence electrons. The van der Waals surface area contributed by atoms with Crippen molar-refractivity contribution in [3.8, 4) is 5.75 Å². The quantitative estimate of drug-likeness (QED) is 0.626. The Hall–Kier alpha value is -2.81. The van der Waals surface area contributed by atoms with Gasteiger partial charge in [-0.1, -0.05) is 18.2 Å². The topological polar surface area (TPSA) is 75.6 Å². The summed E-state index contributed by atoms with van der Waals surface area (Å²) in [5.41, 5.74) is 1.29. The highest BCUT2D eigenvalue weighted by Gasteiger charge is 2.47. The van der Waals surface area contributed by atoms with Crippen LogP contribution in [0.15, 0.2) is 78.1 Å². The van der Waals surface area contributed by atoms with Crippen molar-refractivity contribution < 1.29 is 13.2 Å². The lowest BCUT2D eigenvalue weighted by atomic mass is 10.0. The second-order valence-electron chi connectivity index (χ2n) is 8.14. The first-order chi connectivity index (χ1) is 15.0. The van der Waals surface area contributed by atoms with Crippen molar-refractivity contribution in [1.29, 1.82) is 0 Å². The minimum atomic E-state index is -3.72. The SMILES string of the molecule is O=S1(=O)c2ccccc2O[C@@]2(CCN(Cc3ccncc3)C2)CN1Cc1ccccn1. The summed E-state index contributed by atoms with van der Waals surface area (Å²) >= 11 is 0. The van der Waals surface area contributed by atoms with E-state index >= 15 is 0 Å². The summed E-state index contributed by atoms with van der Waals surface area (Å²) in [5.74, 6) is 0.428. The molecule has 0 saturated carbocycles. The van der Waals surface area contributed by atoms with E-state index in [9.17, 15) is 8.42 Å². The minimum absolute atomic E-state index is 0.215. The number of para-hydroxylation sites is 1. The number of fused-ring (bicyclic) bond motifs is 1. The number of rotatable bonds is 4. The van der Waals surface area contributed by atoms with Gasteiger partial charge in [-0.2, -0.15) is 4.31 Å². The number of ether oxygens (including phenoxy) is 1. The molecule has 0 unspecified atom stereocenters. The number of likely N-dealkylation sites (tertiary alicyclic amines) is 1. The van der Waals surface area contributed by atoms with Gasteiger partial charge in [0.1, 0.15) is 16.2 Å². The molecule has 2 aliphatic heterocycles. The summed E-state index contributed by atoms with van der Waals surface area (Å²) in [4.78, 5) is 11.0. The first kappa shape index (κ1) is 20.1. The van der Waals surface area contributed by atoms with Gasteiger partial charge in [-0.3, -0.25) is 14.9 Å². The molecule has 2 aliphatic rings. The number of benzene rings is 1. The molecule has 1 aromatic carbocycles. The Kier molecular flexibility index (Phi) is 5.21. The van der Waals surface area contributed by atoms with Crippen LogP contribution >= 0.6 is 0 Å². The van der Waals surface area contributed by atoms with Gasteiger partial charge in [-0.05, 0) is 42.0 Å². The number of sulfonamides is 1. The first-order valence-corrected chi connectivity index (χ1v) is 11.8. The Morgan fingerprint density at radius 1 is 0.935 bits per heavy atom. The van der Waals surface area contributed by atoms with Gasteiger partial charge < -0.3 is 4.74 Å². The van der Waals surface area contributed by atoms with Crippen molar-refractivity contribution in [3.05, 3.63) is 84.4 Å². The molecule has 0 radical (unpaired) electrons. The molecular formula is C23H24N4O3S.